The highest BCUT2D eigenvalue weighted by molar-refractivity contribution is 6.48. The molecule has 1 atom stereocenters. The molecule has 3 heteroatoms. The van der Waals surface area contributed by atoms with Gasteiger partial charge in [-0.2, -0.15) is 0 Å². The highest BCUT2D eigenvalue weighted by atomic mass is 28.3. The smallest absolute Gasteiger partial charge is 0.204 e. The minimum Gasteiger partial charge on any atom is -0.417 e. The van der Waals surface area contributed by atoms with Crippen LogP contribution in [0.4, 0.5) is 0 Å². The van der Waals surface area contributed by atoms with E-state index >= 15 is 0 Å². The molecule has 0 spiro atoms. The first-order valence-electron chi connectivity index (χ1n) is 5.51. The summed E-state index contributed by atoms with van der Waals surface area (Å²) in [4.78, 5) is 0. The van der Waals surface area contributed by atoms with Crippen molar-refractivity contribution >= 4 is 9.04 Å². The molecule has 0 aliphatic heterocycles. The van der Waals surface area contributed by atoms with Crippen LogP contribution in [0.25, 0.3) is 0 Å². The van der Waals surface area contributed by atoms with Gasteiger partial charge in [-0.15, -0.1) is 0 Å². The Morgan fingerprint density at radius 3 is 2.21 bits per heavy atom. The molecule has 14 heavy (non-hydrogen) atoms. The summed E-state index contributed by atoms with van der Waals surface area (Å²) < 4.78 is 5.79. The van der Waals surface area contributed by atoms with Crippen LogP contribution in [0, 0.1) is 11.3 Å². The maximum atomic E-state index is 5.79. The molecule has 85 valence electrons. The zero-order valence-corrected chi connectivity index (χ0v) is 11.4. The number of hydrogen-bond acceptors (Lipinski definition) is 2. The van der Waals surface area contributed by atoms with Gasteiger partial charge in [0, 0.05) is 6.61 Å². The van der Waals surface area contributed by atoms with Gasteiger partial charge in [0.1, 0.15) is 0 Å². The van der Waals surface area contributed by atoms with E-state index in [0.717, 1.165) is 19.6 Å². The fraction of sp³-hybridized carbons (Fsp3) is 1.00. The Balaban J connectivity index is 3.98. The van der Waals surface area contributed by atoms with Crippen LogP contribution in [0.1, 0.15) is 33.6 Å². The summed E-state index contributed by atoms with van der Waals surface area (Å²) in [6.07, 6.45) is 2.30. The second-order valence-electron chi connectivity index (χ2n) is 5.21. The van der Waals surface area contributed by atoms with E-state index in [1.807, 2.05) is 0 Å². The van der Waals surface area contributed by atoms with Crippen molar-refractivity contribution in [3.05, 3.63) is 0 Å². The molecular formula is C11H26NOSi. The molecule has 0 heterocycles. The Kier molecular flexibility index (Phi) is 6.65. The van der Waals surface area contributed by atoms with Crippen molar-refractivity contribution in [2.24, 2.45) is 17.1 Å². The van der Waals surface area contributed by atoms with Crippen molar-refractivity contribution in [2.45, 2.75) is 46.7 Å². The average Bonchev–Trinajstić information content (AvgIpc) is 2.01. The van der Waals surface area contributed by atoms with Crippen molar-refractivity contribution < 1.29 is 4.43 Å². The zero-order valence-electron chi connectivity index (χ0n) is 10.4. The summed E-state index contributed by atoms with van der Waals surface area (Å²) in [6.45, 7) is 12.9. The predicted octanol–water partition coefficient (Wildman–Crippen LogP) is 2.66. The highest BCUT2D eigenvalue weighted by Crippen LogP contribution is 2.29. The Morgan fingerprint density at radius 1 is 1.29 bits per heavy atom. The Bertz CT molecular complexity index is 143. The number of nitrogens with two attached hydrogens (primary N) is 1. The second kappa shape index (κ2) is 6.59. The first-order valence-corrected chi connectivity index (χ1v) is 7.91. The van der Waals surface area contributed by atoms with E-state index in [9.17, 15) is 0 Å². The van der Waals surface area contributed by atoms with Crippen LogP contribution in [-0.2, 0) is 4.43 Å². The van der Waals surface area contributed by atoms with Gasteiger partial charge in [0.25, 0.3) is 0 Å². The van der Waals surface area contributed by atoms with Gasteiger partial charge in [-0.1, -0.05) is 20.8 Å². The summed E-state index contributed by atoms with van der Waals surface area (Å²) in [5.41, 5.74) is 5.88. The molecule has 0 aliphatic rings. The van der Waals surface area contributed by atoms with Gasteiger partial charge in [0.15, 0.2) is 0 Å². The maximum absolute atomic E-state index is 5.79. The Hall–Kier alpha value is 0.137. The molecule has 0 aliphatic carbocycles. The topological polar surface area (TPSA) is 35.2 Å². The van der Waals surface area contributed by atoms with Gasteiger partial charge in [-0.05, 0) is 43.8 Å². The van der Waals surface area contributed by atoms with E-state index < -0.39 is 9.04 Å². The average molecular weight is 216 g/mol. The normalized spacial score (nSPS) is 14.8. The molecule has 0 aromatic rings. The molecule has 0 aromatic heterocycles. The summed E-state index contributed by atoms with van der Waals surface area (Å²) in [5, 5.41) is 0. The van der Waals surface area contributed by atoms with Gasteiger partial charge in [0.05, 0.1) is 0 Å². The van der Waals surface area contributed by atoms with Gasteiger partial charge in [-0.3, -0.25) is 0 Å². The third-order valence-corrected chi connectivity index (χ3v) is 3.30. The SMILES string of the molecule is C[Si](C)OCC(CCCN)C(C)(C)C. The second-order valence-corrected chi connectivity index (χ2v) is 7.32. The number of rotatable bonds is 6. The lowest BCUT2D eigenvalue weighted by atomic mass is 9.79. The van der Waals surface area contributed by atoms with Crippen LogP contribution in [0.15, 0.2) is 0 Å². The van der Waals surface area contributed by atoms with E-state index in [2.05, 4.69) is 33.9 Å². The standard InChI is InChI=1S/C11H26NOSi/c1-11(2,3)10(7-6-8-12)9-13-14(4)5/h10H,6-9,12H2,1-5H3. The molecule has 0 aromatic carbocycles. The lowest BCUT2D eigenvalue weighted by molar-refractivity contribution is 0.136. The van der Waals surface area contributed by atoms with Crippen molar-refractivity contribution in [3.8, 4) is 0 Å². The minimum absolute atomic E-state index is 0.340. The third kappa shape index (κ3) is 6.57. The minimum atomic E-state index is -0.545. The molecule has 1 unspecified atom stereocenters. The summed E-state index contributed by atoms with van der Waals surface area (Å²) in [7, 11) is -0.545. The molecule has 0 rings (SSSR count). The third-order valence-electron chi connectivity index (χ3n) is 2.55. The fourth-order valence-corrected chi connectivity index (χ4v) is 1.93. The van der Waals surface area contributed by atoms with Gasteiger partial charge in [-0.25, -0.2) is 0 Å². The molecule has 0 saturated heterocycles. The maximum Gasteiger partial charge on any atom is 0.204 e. The van der Waals surface area contributed by atoms with E-state index in [4.69, 9.17) is 10.2 Å². The van der Waals surface area contributed by atoms with Crippen LogP contribution in [0.3, 0.4) is 0 Å². The molecule has 0 fully saturated rings. The molecule has 0 bridgehead atoms. The van der Waals surface area contributed by atoms with E-state index in [-0.39, 0.29) is 0 Å². The largest absolute Gasteiger partial charge is 0.417 e. The molecule has 0 amide bonds. The van der Waals surface area contributed by atoms with Crippen molar-refractivity contribution in [3.63, 3.8) is 0 Å². The van der Waals surface area contributed by atoms with Crippen LogP contribution in [0.2, 0.25) is 13.1 Å². The summed E-state index contributed by atoms with van der Waals surface area (Å²) >= 11 is 0. The molecule has 2 N–H and O–H groups in total. The monoisotopic (exact) mass is 216 g/mol. The summed E-state index contributed by atoms with van der Waals surface area (Å²) in [6, 6.07) is 0. The highest BCUT2D eigenvalue weighted by Gasteiger charge is 2.24. The van der Waals surface area contributed by atoms with Crippen molar-refractivity contribution in [1.29, 1.82) is 0 Å². The molecule has 1 radical (unpaired) electrons. The van der Waals surface area contributed by atoms with Gasteiger partial charge >= 0.3 is 0 Å². The van der Waals surface area contributed by atoms with Crippen LogP contribution < -0.4 is 5.73 Å². The lowest BCUT2D eigenvalue weighted by Crippen LogP contribution is -2.28. The molecule has 2 nitrogen and oxygen atoms in total. The predicted molar refractivity (Wildman–Crippen MR) is 64.7 cm³/mol. The lowest BCUT2D eigenvalue weighted by Gasteiger charge is -2.31. The quantitative estimate of drug-likeness (QED) is 0.693. The first kappa shape index (κ1) is 14.1. The van der Waals surface area contributed by atoms with Gasteiger partial charge < -0.3 is 10.2 Å². The van der Waals surface area contributed by atoms with Crippen molar-refractivity contribution in [2.75, 3.05) is 13.2 Å². The van der Waals surface area contributed by atoms with Gasteiger partial charge in [0.2, 0.25) is 9.04 Å². The first-order chi connectivity index (χ1) is 6.38. The summed E-state index contributed by atoms with van der Waals surface area (Å²) in [5.74, 6) is 0.644. The molecule has 0 saturated carbocycles. The van der Waals surface area contributed by atoms with Crippen LogP contribution in [-0.4, -0.2) is 22.2 Å². The van der Waals surface area contributed by atoms with E-state index in [1.54, 1.807) is 0 Å². The van der Waals surface area contributed by atoms with E-state index in [1.165, 1.54) is 6.42 Å². The molecular weight excluding hydrogens is 190 g/mol. The van der Waals surface area contributed by atoms with Crippen LogP contribution in [0.5, 0.6) is 0 Å². The Morgan fingerprint density at radius 2 is 1.86 bits per heavy atom. The zero-order chi connectivity index (χ0) is 11.2. The van der Waals surface area contributed by atoms with E-state index in [0.29, 0.717) is 11.3 Å². The Labute approximate surface area is 90.9 Å². The van der Waals surface area contributed by atoms with Crippen molar-refractivity contribution in [1.82, 2.24) is 0 Å². The fourth-order valence-electron chi connectivity index (χ4n) is 1.40. The van der Waals surface area contributed by atoms with Crippen LogP contribution >= 0.6 is 0 Å². The number of hydrogen-bond donors (Lipinski definition) is 1.